The summed E-state index contributed by atoms with van der Waals surface area (Å²) in [7, 11) is -2.27. The Morgan fingerprint density at radius 2 is 1.95 bits per heavy atom. The summed E-state index contributed by atoms with van der Waals surface area (Å²) in [6, 6.07) is 5.62. The lowest BCUT2D eigenvalue weighted by atomic mass is 10.2. The van der Waals surface area contributed by atoms with E-state index in [4.69, 9.17) is 9.47 Å². The Labute approximate surface area is 226 Å². The summed E-state index contributed by atoms with van der Waals surface area (Å²) in [6.45, 7) is 9.07. The van der Waals surface area contributed by atoms with Crippen molar-refractivity contribution in [3.8, 4) is 17.9 Å². The number of azo groups is 1. The summed E-state index contributed by atoms with van der Waals surface area (Å²) in [5, 5.41) is 37.3. The van der Waals surface area contributed by atoms with Crippen LogP contribution in [0.3, 0.4) is 0 Å². The van der Waals surface area contributed by atoms with Crippen molar-refractivity contribution in [1.29, 1.82) is 10.5 Å². The van der Waals surface area contributed by atoms with E-state index >= 15 is 0 Å². The van der Waals surface area contributed by atoms with Crippen LogP contribution in [0.5, 0.6) is 5.75 Å². The number of sulfonamides is 1. The molecule has 1 aromatic heterocycles. The van der Waals surface area contributed by atoms with Crippen LogP contribution in [0.15, 0.2) is 34.5 Å². The van der Waals surface area contributed by atoms with Crippen molar-refractivity contribution in [3.05, 3.63) is 35.7 Å². The summed E-state index contributed by atoms with van der Waals surface area (Å²) in [5.74, 6) is -0.580. The second-order valence-corrected chi connectivity index (χ2v) is 9.95. The summed E-state index contributed by atoms with van der Waals surface area (Å²) in [6.07, 6.45) is 0.985. The van der Waals surface area contributed by atoms with Gasteiger partial charge in [0.2, 0.25) is 10.0 Å². The van der Waals surface area contributed by atoms with E-state index in [1.165, 1.54) is 20.1 Å². The predicted molar refractivity (Wildman–Crippen MR) is 143 cm³/mol. The third kappa shape index (κ3) is 7.53. The number of anilines is 2. The predicted octanol–water partition coefficient (Wildman–Crippen LogP) is 2.92. The van der Waals surface area contributed by atoms with Crippen molar-refractivity contribution in [3.63, 3.8) is 0 Å². The number of carbonyl (C=O) groups is 1. The topological polar surface area (TPSA) is 195 Å². The maximum atomic E-state index is 12.1. The third-order valence-corrected chi connectivity index (χ3v) is 5.97. The Morgan fingerprint density at radius 3 is 2.44 bits per heavy atom. The van der Waals surface area contributed by atoms with E-state index in [1.807, 2.05) is 24.8 Å². The van der Waals surface area contributed by atoms with Gasteiger partial charge in [0.1, 0.15) is 30.2 Å². The molecule has 0 aliphatic carbocycles. The summed E-state index contributed by atoms with van der Waals surface area (Å²) in [4.78, 5) is 17.9. The van der Waals surface area contributed by atoms with E-state index in [2.05, 4.69) is 26.5 Å². The van der Waals surface area contributed by atoms with Crippen LogP contribution in [0, 0.1) is 22.7 Å². The standard InChI is InChI=1S/C24H30N8O6S/c1-7-31(8-2)20-9-18(30-39(6,35)36)17(10-22(20)37-5)28-29-24-27-19(11-25)21(12-26)32(24)16(13-33)14-38-23(34)15(3)4/h9-10,16,30,33H,3,7-8,13-14H2,1-2,4-6H3. The maximum Gasteiger partial charge on any atom is 0.333 e. The van der Waals surface area contributed by atoms with Crippen LogP contribution < -0.4 is 14.4 Å². The van der Waals surface area contributed by atoms with Gasteiger partial charge in [0.15, 0.2) is 11.4 Å². The maximum absolute atomic E-state index is 12.1. The number of aromatic nitrogens is 2. The van der Waals surface area contributed by atoms with Crippen molar-refractivity contribution < 1.29 is 27.8 Å². The van der Waals surface area contributed by atoms with Crippen molar-refractivity contribution in [2.24, 2.45) is 10.2 Å². The fourth-order valence-corrected chi connectivity index (χ4v) is 4.08. The van der Waals surface area contributed by atoms with Gasteiger partial charge in [0.05, 0.1) is 37.4 Å². The van der Waals surface area contributed by atoms with Gasteiger partial charge in [0, 0.05) is 24.7 Å². The number of aliphatic hydroxyl groups is 1. The van der Waals surface area contributed by atoms with Gasteiger partial charge in [-0.15, -0.1) is 10.2 Å². The molecule has 0 amide bonds. The second kappa shape index (κ2) is 13.4. The molecule has 208 valence electrons. The molecule has 1 unspecified atom stereocenters. The van der Waals surface area contributed by atoms with Crippen LogP contribution in [-0.4, -0.2) is 68.7 Å². The first-order chi connectivity index (χ1) is 18.4. The van der Waals surface area contributed by atoms with Gasteiger partial charge < -0.3 is 19.5 Å². The lowest BCUT2D eigenvalue weighted by molar-refractivity contribution is -0.140. The monoisotopic (exact) mass is 558 g/mol. The van der Waals surface area contributed by atoms with E-state index in [0.717, 1.165) is 10.8 Å². The van der Waals surface area contributed by atoms with Gasteiger partial charge in [-0.25, -0.2) is 13.2 Å². The highest BCUT2D eigenvalue weighted by Crippen LogP contribution is 2.40. The molecule has 0 aliphatic rings. The first-order valence-corrected chi connectivity index (χ1v) is 13.6. The lowest BCUT2D eigenvalue weighted by Crippen LogP contribution is -2.23. The number of esters is 1. The fraction of sp³-hybridized carbons (Fsp3) is 0.417. The van der Waals surface area contributed by atoms with Crippen LogP contribution in [-0.2, 0) is 19.6 Å². The minimum Gasteiger partial charge on any atom is -0.494 e. The lowest BCUT2D eigenvalue weighted by Gasteiger charge is -2.24. The fourth-order valence-electron chi connectivity index (χ4n) is 3.52. The Kier molecular flexibility index (Phi) is 10.5. The number of hydrogen-bond acceptors (Lipinski definition) is 12. The number of nitriles is 2. The molecule has 1 aromatic carbocycles. The number of benzene rings is 1. The molecule has 2 rings (SSSR count). The van der Waals surface area contributed by atoms with E-state index in [1.54, 1.807) is 12.1 Å². The summed E-state index contributed by atoms with van der Waals surface area (Å²) < 4.78 is 38.3. The Bertz CT molecular complexity index is 1450. The molecule has 39 heavy (non-hydrogen) atoms. The number of aliphatic hydroxyl groups excluding tert-OH is 1. The van der Waals surface area contributed by atoms with Gasteiger partial charge in [0.25, 0.3) is 5.95 Å². The van der Waals surface area contributed by atoms with Crippen molar-refractivity contribution in [1.82, 2.24) is 9.55 Å². The number of ether oxygens (including phenoxy) is 2. The number of nitrogens with zero attached hydrogens (tertiary/aromatic N) is 7. The summed E-state index contributed by atoms with van der Waals surface area (Å²) >= 11 is 0. The number of rotatable bonds is 13. The molecule has 0 aliphatic heterocycles. The molecular formula is C24H30N8O6S. The molecule has 1 atom stereocenters. The van der Waals surface area contributed by atoms with Gasteiger partial charge in [-0.05, 0) is 26.8 Å². The van der Waals surface area contributed by atoms with Crippen LogP contribution in [0.1, 0.15) is 38.2 Å². The quantitative estimate of drug-likeness (QED) is 0.209. The van der Waals surface area contributed by atoms with Crippen molar-refractivity contribution >= 4 is 39.0 Å². The normalized spacial score (nSPS) is 11.9. The molecule has 0 radical (unpaired) electrons. The minimum absolute atomic E-state index is 0.0500. The van der Waals surface area contributed by atoms with E-state index < -0.39 is 28.6 Å². The molecule has 0 spiro atoms. The van der Waals surface area contributed by atoms with E-state index in [9.17, 15) is 28.8 Å². The average Bonchev–Trinajstić information content (AvgIpc) is 3.25. The SMILES string of the molecule is C=C(C)C(=O)OCC(CO)n1c(N=Nc2cc(OC)c(N(CC)CC)cc2NS(C)(=O)=O)nc(C#N)c1C#N. The first-order valence-electron chi connectivity index (χ1n) is 11.7. The third-order valence-electron chi connectivity index (χ3n) is 5.38. The number of hydrogen-bond donors (Lipinski definition) is 2. The van der Waals surface area contributed by atoms with Crippen LogP contribution >= 0.6 is 0 Å². The number of methoxy groups -OCH3 is 1. The molecule has 2 N–H and O–H groups in total. The number of imidazole rings is 1. The Morgan fingerprint density at radius 1 is 1.28 bits per heavy atom. The molecule has 0 bridgehead atoms. The molecule has 1 heterocycles. The number of carbonyl (C=O) groups excluding carboxylic acids is 1. The molecule has 0 saturated carbocycles. The molecular weight excluding hydrogens is 528 g/mol. The van der Waals surface area contributed by atoms with Gasteiger partial charge >= 0.3 is 5.97 Å². The Balaban J connectivity index is 2.70. The minimum atomic E-state index is -3.72. The second-order valence-electron chi connectivity index (χ2n) is 8.21. The van der Waals surface area contributed by atoms with Crippen LogP contribution in [0.4, 0.5) is 23.0 Å². The first kappa shape index (κ1) is 30.8. The zero-order valence-corrected chi connectivity index (χ0v) is 23.1. The van der Waals surface area contributed by atoms with Crippen LogP contribution in [0.25, 0.3) is 0 Å². The zero-order chi connectivity index (χ0) is 29.3. The number of nitrogens with one attached hydrogen (secondary N) is 1. The highest BCUT2D eigenvalue weighted by atomic mass is 32.2. The molecule has 2 aromatic rings. The molecule has 0 fully saturated rings. The zero-order valence-electron chi connectivity index (χ0n) is 22.3. The van der Waals surface area contributed by atoms with Crippen molar-refractivity contribution in [2.75, 3.05) is 49.3 Å². The van der Waals surface area contributed by atoms with Gasteiger partial charge in [-0.2, -0.15) is 15.5 Å². The largest absolute Gasteiger partial charge is 0.494 e. The Hall–Kier alpha value is -4.47. The molecule has 14 nitrogen and oxygen atoms in total. The smallest absolute Gasteiger partial charge is 0.333 e. The summed E-state index contributed by atoms with van der Waals surface area (Å²) in [5.41, 5.74) is 0.364. The highest BCUT2D eigenvalue weighted by Gasteiger charge is 2.25. The van der Waals surface area contributed by atoms with E-state index in [0.29, 0.717) is 24.5 Å². The molecule has 15 heteroatoms. The van der Waals surface area contributed by atoms with Crippen molar-refractivity contribution in [2.45, 2.75) is 26.8 Å². The van der Waals surface area contributed by atoms with E-state index in [-0.39, 0.29) is 40.9 Å². The van der Waals surface area contributed by atoms with Gasteiger partial charge in [-0.3, -0.25) is 9.29 Å². The van der Waals surface area contributed by atoms with Gasteiger partial charge in [-0.1, -0.05) is 6.58 Å². The highest BCUT2D eigenvalue weighted by molar-refractivity contribution is 7.92. The molecule has 0 saturated heterocycles. The van der Waals surface area contributed by atoms with Crippen LogP contribution in [0.2, 0.25) is 0 Å². The average molecular weight is 559 g/mol.